The summed E-state index contributed by atoms with van der Waals surface area (Å²) < 4.78 is 12.3. The van der Waals surface area contributed by atoms with Gasteiger partial charge in [-0.15, -0.1) is 0 Å². The van der Waals surface area contributed by atoms with Crippen LogP contribution < -0.4 is 14.8 Å². The van der Waals surface area contributed by atoms with Crippen LogP contribution in [0.4, 0.5) is 5.69 Å². The summed E-state index contributed by atoms with van der Waals surface area (Å²) >= 11 is 2.15. The highest BCUT2D eigenvalue weighted by Gasteiger charge is 2.18. The molecule has 0 unspecified atom stereocenters. The molecule has 0 fully saturated rings. The van der Waals surface area contributed by atoms with Gasteiger partial charge < -0.3 is 14.8 Å². The van der Waals surface area contributed by atoms with Crippen LogP contribution in [0.1, 0.15) is 22.8 Å². The van der Waals surface area contributed by atoms with E-state index < -0.39 is 5.97 Å². The van der Waals surface area contributed by atoms with E-state index in [1.54, 1.807) is 36.4 Å². The molecular formula is C24H20INO4. The van der Waals surface area contributed by atoms with Gasteiger partial charge in [0, 0.05) is 11.6 Å². The van der Waals surface area contributed by atoms with Crippen molar-refractivity contribution in [3.05, 3.63) is 94.1 Å². The number of ether oxygens (including phenoxy) is 2. The number of benzene rings is 3. The van der Waals surface area contributed by atoms with Gasteiger partial charge in [0.2, 0.25) is 0 Å². The second kappa shape index (κ2) is 10.1. The molecule has 0 aliphatic rings. The molecule has 0 bridgehead atoms. The Morgan fingerprint density at radius 1 is 1.00 bits per heavy atom. The van der Waals surface area contributed by atoms with E-state index in [2.05, 4.69) is 41.4 Å². The average molecular weight is 513 g/mol. The largest absolute Gasteiger partial charge is 0.452 e. The van der Waals surface area contributed by atoms with Crippen molar-refractivity contribution in [2.24, 2.45) is 0 Å². The van der Waals surface area contributed by atoms with Gasteiger partial charge in [-0.05, 0) is 71.0 Å². The van der Waals surface area contributed by atoms with E-state index in [0.29, 0.717) is 22.7 Å². The van der Waals surface area contributed by atoms with Crippen LogP contribution in [0.25, 0.3) is 0 Å². The van der Waals surface area contributed by atoms with Crippen molar-refractivity contribution in [1.82, 2.24) is 0 Å². The van der Waals surface area contributed by atoms with E-state index >= 15 is 0 Å². The Bertz CT molecular complexity index is 1080. The Balaban J connectivity index is 1.94. The summed E-state index contributed by atoms with van der Waals surface area (Å²) in [7, 11) is 0. The molecule has 0 radical (unpaired) electrons. The zero-order valence-corrected chi connectivity index (χ0v) is 18.5. The van der Waals surface area contributed by atoms with Gasteiger partial charge in [0.05, 0.1) is 9.26 Å². The molecule has 0 heterocycles. The number of amides is 1. The number of hydrogen-bond acceptors (Lipinski definition) is 4. The summed E-state index contributed by atoms with van der Waals surface area (Å²) in [6.07, 6.45) is 1.94. The van der Waals surface area contributed by atoms with Gasteiger partial charge in [-0.3, -0.25) is 4.79 Å². The number of carbonyl (C=O) groups is 2. The summed E-state index contributed by atoms with van der Waals surface area (Å²) in [6.45, 7) is 5.49. The van der Waals surface area contributed by atoms with Gasteiger partial charge in [0.25, 0.3) is 5.91 Å². The number of anilines is 1. The van der Waals surface area contributed by atoms with Crippen LogP contribution in [0.3, 0.4) is 0 Å². The zero-order chi connectivity index (χ0) is 21.5. The second-order valence-electron chi connectivity index (χ2n) is 6.30. The molecule has 5 nitrogen and oxygen atoms in total. The first-order valence-corrected chi connectivity index (χ1v) is 10.4. The molecule has 1 amide bonds. The SMILES string of the molecule is C=CC(=O)Oc1c(NC(=O)c2ccc(CC)cc2)cccc1Oc1ccccc1I. The van der Waals surface area contributed by atoms with Crippen LogP contribution in [-0.2, 0) is 11.2 Å². The standard InChI is InChI=1S/C24H20INO4/c1-3-16-12-14-17(15-13-16)24(28)26-19-9-7-11-21(23(19)30-22(27)4-2)29-20-10-6-5-8-18(20)25/h4-15H,2-3H2,1H3,(H,26,28). The number of nitrogens with one attached hydrogen (secondary N) is 1. The van der Waals surface area contributed by atoms with Crippen LogP contribution in [0, 0.1) is 3.57 Å². The molecule has 3 aromatic carbocycles. The summed E-state index contributed by atoms with van der Waals surface area (Å²) in [5, 5.41) is 2.80. The topological polar surface area (TPSA) is 64.6 Å². The maximum Gasteiger partial charge on any atom is 0.335 e. The minimum absolute atomic E-state index is 0.112. The monoisotopic (exact) mass is 513 g/mol. The van der Waals surface area contributed by atoms with E-state index in [1.165, 1.54) is 0 Å². The third-order valence-corrected chi connectivity index (χ3v) is 5.17. The molecule has 0 aliphatic carbocycles. The van der Waals surface area contributed by atoms with Crippen LogP contribution >= 0.6 is 22.6 Å². The summed E-state index contributed by atoms with van der Waals surface area (Å²) in [6, 6.07) is 19.8. The van der Waals surface area contributed by atoms with Crippen molar-refractivity contribution in [3.8, 4) is 17.2 Å². The van der Waals surface area contributed by atoms with Gasteiger partial charge in [-0.1, -0.05) is 43.8 Å². The number of carbonyl (C=O) groups excluding carboxylic acids is 2. The second-order valence-corrected chi connectivity index (χ2v) is 7.46. The maximum absolute atomic E-state index is 12.7. The molecule has 0 aliphatic heterocycles. The minimum Gasteiger partial charge on any atom is -0.452 e. The first-order chi connectivity index (χ1) is 14.5. The molecule has 0 aromatic heterocycles. The van der Waals surface area contributed by atoms with Gasteiger partial charge >= 0.3 is 5.97 Å². The first-order valence-electron chi connectivity index (χ1n) is 9.31. The first kappa shape index (κ1) is 21.6. The van der Waals surface area contributed by atoms with Crippen molar-refractivity contribution in [3.63, 3.8) is 0 Å². The Hall–Kier alpha value is -3.13. The fourth-order valence-electron chi connectivity index (χ4n) is 2.67. The molecule has 30 heavy (non-hydrogen) atoms. The van der Waals surface area contributed by atoms with E-state index in [-0.39, 0.29) is 11.7 Å². The lowest BCUT2D eigenvalue weighted by molar-refractivity contribution is -0.129. The van der Waals surface area contributed by atoms with Crippen molar-refractivity contribution >= 4 is 40.2 Å². The number of para-hydroxylation sites is 2. The predicted molar refractivity (Wildman–Crippen MR) is 125 cm³/mol. The molecule has 0 saturated heterocycles. The van der Waals surface area contributed by atoms with Crippen molar-refractivity contribution < 1.29 is 19.1 Å². The highest BCUT2D eigenvalue weighted by atomic mass is 127. The molecule has 0 spiro atoms. The van der Waals surface area contributed by atoms with Crippen molar-refractivity contribution in [2.45, 2.75) is 13.3 Å². The fraction of sp³-hybridized carbons (Fsp3) is 0.0833. The molecule has 3 rings (SSSR count). The summed E-state index contributed by atoms with van der Waals surface area (Å²) in [5.74, 6) is 0.0401. The summed E-state index contributed by atoms with van der Waals surface area (Å²) in [4.78, 5) is 24.7. The Labute approximate surface area is 188 Å². The predicted octanol–water partition coefficient (Wildman–Crippen LogP) is 5.99. The highest BCUT2D eigenvalue weighted by Crippen LogP contribution is 2.39. The highest BCUT2D eigenvalue weighted by molar-refractivity contribution is 14.1. The van der Waals surface area contributed by atoms with Crippen molar-refractivity contribution in [1.29, 1.82) is 0 Å². The third kappa shape index (κ3) is 5.27. The number of hydrogen-bond donors (Lipinski definition) is 1. The quantitative estimate of drug-likeness (QED) is 0.183. The summed E-state index contributed by atoms with van der Waals surface area (Å²) in [5.41, 5.74) is 1.95. The number of rotatable bonds is 7. The lowest BCUT2D eigenvalue weighted by Gasteiger charge is -2.16. The van der Waals surface area contributed by atoms with Crippen LogP contribution in [-0.4, -0.2) is 11.9 Å². The molecule has 0 atom stereocenters. The number of esters is 1. The number of halogens is 1. The molecule has 1 N–H and O–H groups in total. The minimum atomic E-state index is -0.656. The fourth-order valence-corrected chi connectivity index (χ4v) is 3.17. The number of aryl methyl sites for hydroxylation is 1. The molecule has 0 saturated carbocycles. The molecule has 3 aromatic rings. The van der Waals surface area contributed by atoms with E-state index in [9.17, 15) is 9.59 Å². The van der Waals surface area contributed by atoms with E-state index in [4.69, 9.17) is 9.47 Å². The van der Waals surface area contributed by atoms with Gasteiger partial charge in [0.1, 0.15) is 5.75 Å². The van der Waals surface area contributed by atoms with E-state index in [1.807, 2.05) is 30.3 Å². The average Bonchev–Trinajstić information content (AvgIpc) is 2.77. The van der Waals surface area contributed by atoms with Crippen LogP contribution in [0.15, 0.2) is 79.4 Å². The lowest BCUT2D eigenvalue weighted by Crippen LogP contribution is -2.14. The third-order valence-electron chi connectivity index (χ3n) is 4.28. The van der Waals surface area contributed by atoms with Gasteiger partial charge in [-0.2, -0.15) is 0 Å². The van der Waals surface area contributed by atoms with Crippen LogP contribution in [0.5, 0.6) is 17.2 Å². The normalized spacial score (nSPS) is 10.2. The molecule has 152 valence electrons. The van der Waals surface area contributed by atoms with Crippen molar-refractivity contribution in [2.75, 3.05) is 5.32 Å². The van der Waals surface area contributed by atoms with Gasteiger partial charge in [-0.25, -0.2) is 4.79 Å². The zero-order valence-electron chi connectivity index (χ0n) is 16.4. The molecule has 6 heteroatoms. The maximum atomic E-state index is 12.7. The van der Waals surface area contributed by atoms with Gasteiger partial charge in [0.15, 0.2) is 11.5 Å². The lowest BCUT2D eigenvalue weighted by atomic mass is 10.1. The van der Waals surface area contributed by atoms with E-state index in [0.717, 1.165) is 21.6 Å². The Morgan fingerprint density at radius 2 is 1.70 bits per heavy atom. The smallest absolute Gasteiger partial charge is 0.335 e. The Kier molecular flexibility index (Phi) is 7.24. The molecular weight excluding hydrogens is 493 g/mol. The van der Waals surface area contributed by atoms with Crippen LogP contribution in [0.2, 0.25) is 0 Å². The Morgan fingerprint density at radius 3 is 2.37 bits per heavy atom.